The number of fused-ring (bicyclic) bond motifs is 1. The largest absolute Gasteiger partial charge is 0.387 e. The number of rotatable bonds is 7. The Balaban J connectivity index is 1.32. The number of hydrogen-bond acceptors (Lipinski definition) is 6. The van der Waals surface area contributed by atoms with Crippen LogP contribution < -0.4 is 10.6 Å². The lowest BCUT2D eigenvalue weighted by atomic mass is 10.1. The van der Waals surface area contributed by atoms with Crippen molar-refractivity contribution in [2.75, 3.05) is 25.5 Å². The van der Waals surface area contributed by atoms with Crippen molar-refractivity contribution in [2.45, 2.75) is 19.0 Å². The number of likely N-dealkylation sites (tertiary alicyclic amines) is 1. The second kappa shape index (κ2) is 9.63. The van der Waals surface area contributed by atoms with Gasteiger partial charge in [0.1, 0.15) is 17.0 Å². The second-order valence-electron chi connectivity index (χ2n) is 8.65. The zero-order chi connectivity index (χ0) is 24.4. The van der Waals surface area contributed by atoms with Gasteiger partial charge in [-0.05, 0) is 30.2 Å². The van der Waals surface area contributed by atoms with Gasteiger partial charge in [0.2, 0.25) is 0 Å². The van der Waals surface area contributed by atoms with Gasteiger partial charge in [0, 0.05) is 50.2 Å². The first-order chi connectivity index (χ1) is 17.0. The average molecular weight is 472 g/mol. The zero-order valence-corrected chi connectivity index (χ0v) is 19.3. The maximum absolute atomic E-state index is 13.6. The molecule has 1 saturated heterocycles. The molecule has 5 rings (SSSR count). The number of aromatic nitrogens is 3. The van der Waals surface area contributed by atoms with Crippen molar-refractivity contribution in [2.24, 2.45) is 0 Å². The number of H-pyrrole nitrogens is 1. The van der Waals surface area contributed by atoms with Gasteiger partial charge >= 0.3 is 0 Å². The summed E-state index contributed by atoms with van der Waals surface area (Å²) in [7, 11) is 1.67. The summed E-state index contributed by atoms with van der Waals surface area (Å²) < 4.78 is 13.6. The van der Waals surface area contributed by atoms with Crippen LogP contribution in [0.2, 0.25) is 0 Å². The molecule has 0 radical (unpaired) electrons. The summed E-state index contributed by atoms with van der Waals surface area (Å²) in [6.07, 6.45) is 3.95. The van der Waals surface area contributed by atoms with E-state index in [0.29, 0.717) is 33.7 Å². The lowest BCUT2D eigenvalue weighted by Gasteiger charge is -2.16. The van der Waals surface area contributed by atoms with Crippen LogP contribution in [0.15, 0.2) is 60.9 Å². The molecule has 2 aromatic carbocycles. The smallest absolute Gasteiger partial charge is 0.255 e. The number of benzene rings is 2. The van der Waals surface area contributed by atoms with E-state index in [1.165, 1.54) is 30.0 Å². The third-order valence-corrected chi connectivity index (χ3v) is 6.26. The number of amides is 1. The summed E-state index contributed by atoms with van der Waals surface area (Å²) in [5.41, 5.74) is 3.86. The lowest BCUT2D eigenvalue weighted by molar-refractivity contribution is 0.0939. The normalized spacial score (nSPS) is 15.9. The van der Waals surface area contributed by atoms with Gasteiger partial charge in [-0.2, -0.15) is 0 Å². The minimum atomic E-state index is -0.397. The Morgan fingerprint density at radius 2 is 2.06 bits per heavy atom. The van der Waals surface area contributed by atoms with Crippen LogP contribution in [0, 0.1) is 11.2 Å². The SMILES string of the molecule is CNc1cc(F)ccc1C(=N)c1cnc2[nH]cc(C(=O)NC3CCN(Cc4ccccc4)C3)c2n1. The highest BCUT2D eigenvalue weighted by molar-refractivity contribution is 6.14. The van der Waals surface area contributed by atoms with Gasteiger partial charge in [0.05, 0.1) is 17.5 Å². The molecule has 1 atom stereocenters. The highest BCUT2D eigenvalue weighted by atomic mass is 19.1. The van der Waals surface area contributed by atoms with Crippen LogP contribution in [0.1, 0.15) is 33.6 Å². The summed E-state index contributed by atoms with van der Waals surface area (Å²) in [5.74, 6) is -0.621. The monoisotopic (exact) mass is 471 g/mol. The molecule has 35 heavy (non-hydrogen) atoms. The van der Waals surface area contributed by atoms with Gasteiger partial charge in [-0.1, -0.05) is 30.3 Å². The second-order valence-corrected chi connectivity index (χ2v) is 8.65. The number of nitrogens with one attached hydrogen (secondary N) is 4. The fraction of sp³-hybridized carbons (Fsp3) is 0.231. The summed E-state index contributed by atoms with van der Waals surface area (Å²) >= 11 is 0. The molecule has 9 heteroatoms. The average Bonchev–Trinajstić information content (AvgIpc) is 3.50. The highest BCUT2D eigenvalue weighted by Crippen LogP contribution is 2.22. The molecular weight excluding hydrogens is 445 g/mol. The molecule has 0 spiro atoms. The predicted molar refractivity (Wildman–Crippen MR) is 133 cm³/mol. The summed E-state index contributed by atoms with van der Waals surface area (Å²) in [4.78, 5) is 27.3. The van der Waals surface area contributed by atoms with Crippen LogP contribution in [0.5, 0.6) is 0 Å². The lowest BCUT2D eigenvalue weighted by Crippen LogP contribution is -2.37. The molecule has 0 aliphatic carbocycles. The fourth-order valence-corrected chi connectivity index (χ4v) is 4.46. The number of carbonyl (C=O) groups is 1. The van der Waals surface area contributed by atoms with E-state index in [1.807, 2.05) is 18.2 Å². The first kappa shape index (κ1) is 22.7. The number of halogens is 1. The first-order valence-corrected chi connectivity index (χ1v) is 11.5. The maximum atomic E-state index is 13.6. The summed E-state index contributed by atoms with van der Waals surface area (Å²) in [6, 6.07) is 14.5. The Hall–Kier alpha value is -4.11. The van der Waals surface area contributed by atoms with Crippen molar-refractivity contribution in [1.29, 1.82) is 5.41 Å². The number of aromatic amines is 1. The van der Waals surface area contributed by atoms with Gasteiger partial charge in [0.15, 0.2) is 5.65 Å². The number of nitrogens with zero attached hydrogens (tertiary/aromatic N) is 3. The molecule has 1 aliphatic heterocycles. The van der Waals surface area contributed by atoms with Crippen LogP contribution in [0.25, 0.3) is 11.2 Å². The van der Waals surface area contributed by atoms with E-state index in [9.17, 15) is 9.18 Å². The minimum Gasteiger partial charge on any atom is -0.387 e. The third-order valence-electron chi connectivity index (χ3n) is 6.26. The Kier molecular flexibility index (Phi) is 6.24. The molecular formula is C26H26FN7O. The van der Waals surface area contributed by atoms with E-state index in [-0.39, 0.29) is 17.7 Å². The van der Waals surface area contributed by atoms with Crippen LogP contribution in [0.4, 0.5) is 10.1 Å². The Morgan fingerprint density at radius 1 is 1.23 bits per heavy atom. The molecule has 2 aromatic heterocycles. The van der Waals surface area contributed by atoms with E-state index < -0.39 is 5.82 Å². The van der Waals surface area contributed by atoms with Crippen molar-refractivity contribution in [3.63, 3.8) is 0 Å². The quantitative estimate of drug-likeness (QED) is 0.308. The van der Waals surface area contributed by atoms with Crippen LogP contribution in [-0.4, -0.2) is 57.6 Å². The van der Waals surface area contributed by atoms with E-state index >= 15 is 0 Å². The van der Waals surface area contributed by atoms with Gasteiger partial charge in [0.25, 0.3) is 5.91 Å². The van der Waals surface area contributed by atoms with Gasteiger partial charge in [-0.25, -0.2) is 14.4 Å². The van der Waals surface area contributed by atoms with Crippen LogP contribution in [-0.2, 0) is 6.54 Å². The molecule has 1 unspecified atom stereocenters. The van der Waals surface area contributed by atoms with Crippen molar-refractivity contribution < 1.29 is 9.18 Å². The van der Waals surface area contributed by atoms with Gasteiger partial charge < -0.3 is 15.6 Å². The molecule has 1 fully saturated rings. The number of anilines is 1. The fourth-order valence-electron chi connectivity index (χ4n) is 4.46. The molecule has 0 saturated carbocycles. The number of hydrogen-bond donors (Lipinski definition) is 4. The van der Waals surface area contributed by atoms with Crippen molar-refractivity contribution >= 4 is 28.5 Å². The van der Waals surface area contributed by atoms with Gasteiger partial charge in [-0.15, -0.1) is 0 Å². The van der Waals surface area contributed by atoms with Gasteiger partial charge in [-0.3, -0.25) is 15.1 Å². The zero-order valence-electron chi connectivity index (χ0n) is 19.3. The van der Waals surface area contributed by atoms with Crippen LogP contribution in [0.3, 0.4) is 0 Å². The predicted octanol–water partition coefficient (Wildman–Crippen LogP) is 3.56. The summed E-state index contributed by atoms with van der Waals surface area (Å²) in [5, 5.41) is 14.6. The molecule has 8 nitrogen and oxygen atoms in total. The maximum Gasteiger partial charge on any atom is 0.255 e. The molecule has 1 aliphatic rings. The van der Waals surface area contributed by atoms with Crippen molar-refractivity contribution in [3.05, 3.63) is 89.1 Å². The molecule has 4 N–H and O–H groups in total. The van der Waals surface area contributed by atoms with E-state index in [0.717, 1.165) is 26.1 Å². The van der Waals surface area contributed by atoms with Crippen molar-refractivity contribution in [3.8, 4) is 0 Å². The topological polar surface area (TPSA) is 110 Å². The van der Waals surface area contributed by atoms with E-state index in [2.05, 4.69) is 42.6 Å². The van der Waals surface area contributed by atoms with Crippen molar-refractivity contribution in [1.82, 2.24) is 25.2 Å². The Morgan fingerprint density at radius 3 is 2.86 bits per heavy atom. The number of carbonyl (C=O) groups excluding carboxylic acids is 1. The molecule has 1 amide bonds. The van der Waals surface area contributed by atoms with E-state index in [4.69, 9.17) is 5.41 Å². The third kappa shape index (κ3) is 4.76. The first-order valence-electron chi connectivity index (χ1n) is 11.5. The van der Waals surface area contributed by atoms with Crippen LogP contribution >= 0.6 is 0 Å². The Bertz CT molecular complexity index is 1390. The molecule has 3 heterocycles. The molecule has 4 aromatic rings. The van der Waals surface area contributed by atoms with E-state index in [1.54, 1.807) is 13.2 Å². The molecule has 0 bridgehead atoms. The highest BCUT2D eigenvalue weighted by Gasteiger charge is 2.26. The summed E-state index contributed by atoms with van der Waals surface area (Å²) in [6.45, 7) is 2.55. The Labute approximate surface area is 202 Å². The standard InChI is InChI=1S/C26H26FN7O/c1-29-21-11-17(27)7-8-19(21)23(28)22-13-31-25-24(33-22)20(12-30-25)26(35)32-18-9-10-34(15-18)14-16-5-3-2-4-6-16/h2-8,11-13,18,28-29H,9-10,14-15H2,1H3,(H,30,31)(H,32,35). The molecule has 178 valence electrons. The minimum absolute atomic E-state index is 0.0444.